The quantitative estimate of drug-likeness (QED) is 0.646. The monoisotopic (exact) mass is 279 g/mol. The smallest absolute Gasteiger partial charge is 0.254 e. The van der Waals surface area contributed by atoms with Crippen LogP contribution in [0.5, 0.6) is 0 Å². The van der Waals surface area contributed by atoms with Gasteiger partial charge in [0.25, 0.3) is 5.91 Å². The molecular formula is C15H25N3O2. The second-order valence-electron chi connectivity index (χ2n) is 4.57. The van der Waals surface area contributed by atoms with E-state index in [0.29, 0.717) is 18.7 Å². The van der Waals surface area contributed by atoms with Crippen LogP contribution in [0.25, 0.3) is 0 Å². The van der Waals surface area contributed by atoms with Crippen LogP contribution in [0.3, 0.4) is 0 Å². The van der Waals surface area contributed by atoms with Gasteiger partial charge in [-0.2, -0.15) is 0 Å². The summed E-state index contributed by atoms with van der Waals surface area (Å²) in [4.78, 5) is 16.1. The SMILES string of the molecule is CCCNc1ccncc1C(=O)NCCCOCCC. The number of ether oxygens (including phenoxy) is 1. The van der Waals surface area contributed by atoms with Gasteiger partial charge in [0.15, 0.2) is 0 Å². The molecular weight excluding hydrogens is 254 g/mol. The third-order valence-corrected chi connectivity index (χ3v) is 2.73. The second-order valence-corrected chi connectivity index (χ2v) is 4.57. The number of amides is 1. The van der Waals surface area contributed by atoms with Crippen molar-refractivity contribution in [2.45, 2.75) is 33.1 Å². The Morgan fingerprint density at radius 1 is 1.25 bits per heavy atom. The molecule has 20 heavy (non-hydrogen) atoms. The Morgan fingerprint density at radius 3 is 2.85 bits per heavy atom. The molecule has 0 aliphatic heterocycles. The van der Waals surface area contributed by atoms with Crippen LogP contribution in [0, 0.1) is 0 Å². The Labute approximate surface area is 121 Å². The van der Waals surface area contributed by atoms with Crippen LogP contribution in [0.2, 0.25) is 0 Å². The number of aromatic nitrogens is 1. The molecule has 0 radical (unpaired) electrons. The molecule has 5 nitrogen and oxygen atoms in total. The molecule has 0 spiro atoms. The lowest BCUT2D eigenvalue weighted by Gasteiger charge is -2.11. The summed E-state index contributed by atoms with van der Waals surface area (Å²) in [6.45, 7) is 7.09. The van der Waals surface area contributed by atoms with Crippen LogP contribution >= 0.6 is 0 Å². The van der Waals surface area contributed by atoms with Gasteiger partial charge in [-0.25, -0.2) is 0 Å². The van der Waals surface area contributed by atoms with Gasteiger partial charge >= 0.3 is 0 Å². The molecule has 1 amide bonds. The summed E-state index contributed by atoms with van der Waals surface area (Å²) in [5, 5.41) is 6.13. The molecule has 0 aliphatic rings. The van der Waals surface area contributed by atoms with E-state index in [9.17, 15) is 4.79 Å². The molecule has 5 heteroatoms. The second kappa shape index (κ2) is 10.2. The number of carbonyl (C=O) groups is 1. The first-order valence-electron chi connectivity index (χ1n) is 7.33. The number of anilines is 1. The van der Waals surface area contributed by atoms with E-state index < -0.39 is 0 Å². The molecule has 1 heterocycles. The number of nitrogens with zero attached hydrogens (tertiary/aromatic N) is 1. The van der Waals surface area contributed by atoms with Crippen molar-refractivity contribution in [3.05, 3.63) is 24.0 Å². The number of carbonyl (C=O) groups excluding carboxylic acids is 1. The number of pyridine rings is 1. The number of hydrogen-bond acceptors (Lipinski definition) is 4. The zero-order valence-electron chi connectivity index (χ0n) is 12.4. The Kier molecular flexibility index (Phi) is 8.38. The van der Waals surface area contributed by atoms with Crippen molar-refractivity contribution >= 4 is 11.6 Å². The molecule has 112 valence electrons. The summed E-state index contributed by atoms with van der Waals surface area (Å²) in [5.41, 5.74) is 1.43. The predicted octanol–water partition coefficient (Wildman–Crippen LogP) is 2.45. The Hall–Kier alpha value is -1.62. The van der Waals surface area contributed by atoms with Gasteiger partial charge < -0.3 is 15.4 Å². The summed E-state index contributed by atoms with van der Waals surface area (Å²) < 4.78 is 5.37. The molecule has 0 saturated carbocycles. The third kappa shape index (κ3) is 6.02. The van der Waals surface area contributed by atoms with Crippen LogP contribution in [-0.2, 0) is 4.74 Å². The highest BCUT2D eigenvalue weighted by Crippen LogP contribution is 2.13. The molecule has 0 unspecified atom stereocenters. The van der Waals surface area contributed by atoms with Crippen LogP contribution in [-0.4, -0.2) is 37.2 Å². The van der Waals surface area contributed by atoms with Gasteiger partial charge in [0.1, 0.15) is 0 Å². The Bertz CT molecular complexity index is 396. The Balaban J connectivity index is 2.38. The van der Waals surface area contributed by atoms with E-state index >= 15 is 0 Å². The van der Waals surface area contributed by atoms with Crippen molar-refractivity contribution in [2.24, 2.45) is 0 Å². The summed E-state index contributed by atoms with van der Waals surface area (Å²) in [7, 11) is 0. The van der Waals surface area contributed by atoms with Gasteiger partial charge in [-0.3, -0.25) is 9.78 Å². The van der Waals surface area contributed by atoms with Crippen molar-refractivity contribution in [1.82, 2.24) is 10.3 Å². The number of nitrogens with one attached hydrogen (secondary N) is 2. The van der Waals surface area contributed by atoms with E-state index in [4.69, 9.17) is 4.74 Å². The zero-order chi connectivity index (χ0) is 14.6. The van der Waals surface area contributed by atoms with E-state index in [1.807, 2.05) is 6.07 Å². The van der Waals surface area contributed by atoms with Crippen molar-refractivity contribution in [3.63, 3.8) is 0 Å². The molecule has 1 aromatic rings. The molecule has 1 aromatic heterocycles. The zero-order valence-corrected chi connectivity index (χ0v) is 12.4. The van der Waals surface area contributed by atoms with Gasteiger partial charge in [-0.15, -0.1) is 0 Å². The first-order valence-corrected chi connectivity index (χ1v) is 7.33. The lowest BCUT2D eigenvalue weighted by Crippen LogP contribution is -2.26. The summed E-state index contributed by atoms with van der Waals surface area (Å²) in [6, 6.07) is 1.83. The maximum absolute atomic E-state index is 12.1. The average Bonchev–Trinajstić information content (AvgIpc) is 2.48. The summed E-state index contributed by atoms with van der Waals surface area (Å²) >= 11 is 0. The number of rotatable bonds is 10. The first-order chi connectivity index (χ1) is 9.79. The lowest BCUT2D eigenvalue weighted by atomic mass is 10.2. The van der Waals surface area contributed by atoms with Crippen LogP contribution in [0.4, 0.5) is 5.69 Å². The van der Waals surface area contributed by atoms with Crippen molar-refractivity contribution in [1.29, 1.82) is 0 Å². The maximum atomic E-state index is 12.1. The van der Waals surface area contributed by atoms with Gasteiger partial charge in [-0.1, -0.05) is 13.8 Å². The van der Waals surface area contributed by atoms with Crippen LogP contribution in [0.15, 0.2) is 18.5 Å². The first kappa shape index (κ1) is 16.4. The molecule has 2 N–H and O–H groups in total. The maximum Gasteiger partial charge on any atom is 0.254 e. The minimum absolute atomic E-state index is 0.0906. The minimum atomic E-state index is -0.0906. The highest BCUT2D eigenvalue weighted by Gasteiger charge is 2.10. The highest BCUT2D eigenvalue weighted by atomic mass is 16.5. The standard InChI is InChI=1S/C15H25N3O2/c1-3-7-17-14-6-9-16-12-13(14)15(19)18-8-5-11-20-10-4-2/h6,9,12H,3-5,7-8,10-11H2,1-2H3,(H,16,17)(H,18,19). The molecule has 0 aliphatic carbocycles. The van der Waals surface area contributed by atoms with Gasteiger partial charge in [-0.05, 0) is 25.3 Å². The van der Waals surface area contributed by atoms with Gasteiger partial charge in [0, 0.05) is 38.7 Å². The van der Waals surface area contributed by atoms with E-state index in [1.54, 1.807) is 12.4 Å². The van der Waals surface area contributed by atoms with Crippen LogP contribution in [0.1, 0.15) is 43.5 Å². The van der Waals surface area contributed by atoms with Crippen molar-refractivity contribution in [3.8, 4) is 0 Å². The fourth-order valence-corrected chi connectivity index (χ4v) is 1.71. The van der Waals surface area contributed by atoms with Crippen LogP contribution < -0.4 is 10.6 Å². The molecule has 1 rings (SSSR count). The fraction of sp³-hybridized carbons (Fsp3) is 0.600. The average molecular weight is 279 g/mol. The van der Waals surface area contributed by atoms with E-state index in [2.05, 4.69) is 29.5 Å². The summed E-state index contributed by atoms with van der Waals surface area (Å²) in [6.07, 6.45) is 6.14. The molecule has 0 fully saturated rings. The summed E-state index contributed by atoms with van der Waals surface area (Å²) in [5.74, 6) is -0.0906. The van der Waals surface area contributed by atoms with Gasteiger partial charge in [0.05, 0.1) is 11.3 Å². The van der Waals surface area contributed by atoms with Crippen molar-refractivity contribution < 1.29 is 9.53 Å². The largest absolute Gasteiger partial charge is 0.384 e. The normalized spacial score (nSPS) is 10.3. The van der Waals surface area contributed by atoms with Gasteiger partial charge in [0.2, 0.25) is 0 Å². The highest BCUT2D eigenvalue weighted by molar-refractivity contribution is 5.99. The molecule has 0 bridgehead atoms. The van der Waals surface area contributed by atoms with E-state index in [1.165, 1.54) is 0 Å². The number of hydrogen-bond donors (Lipinski definition) is 2. The third-order valence-electron chi connectivity index (χ3n) is 2.73. The topological polar surface area (TPSA) is 63.2 Å². The fourth-order valence-electron chi connectivity index (χ4n) is 1.71. The molecule has 0 atom stereocenters. The lowest BCUT2D eigenvalue weighted by molar-refractivity contribution is 0.0942. The predicted molar refractivity (Wildman–Crippen MR) is 81.1 cm³/mol. The molecule has 0 aromatic carbocycles. The Morgan fingerprint density at radius 2 is 2.10 bits per heavy atom. The van der Waals surface area contributed by atoms with E-state index in [-0.39, 0.29) is 5.91 Å². The minimum Gasteiger partial charge on any atom is -0.384 e. The molecule has 0 saturated heterocycles. The van der Waals surface area contributed by atoms with E-state index in [0.717, 1.165) is 38.1 Å². The van der Waals surface area contributed by atoms with Crippen molar-refractivity contribution in [2.75, 3.05) is 31.6 Å².